The largest absolute Gasteiger partial charge is 0.545 e. The highest BCUT2D eigenvalue weighted by atomic mass is 16.4. The van der Waals surface area contributed by atoms with Crippen LogP contribution in [0.3, 0.4) is 0 Å². The number of hydrogen-bond acceptors (Lipinski definition) is 4. The maximum Gasteiger partial charge on any atom is 0.159 e. The molecule has 0 atom stereocenters. The summed E-state index contributed by atoms with van der Waals surface area (Å²) in [5.74, 6) is -1.46. The Hall–Kier alpha value is -1.84. The molecule has 14 heavy (non-hydrogen) atoms. The van der Waals surface area contributed by atoms with Gasteiger partial charge in [0, 0.05) is 18.3 Å². The minimum Gasteiger partial charge on any atom is -0.545 e. The molecule has 1 rings (SSSR count). The van der Waals surface area contributed by atoms with Gasteiger partial charge in [0.2, 0.25) is 0 Å². The van der Waals surface area contributed by atoms with Crippen LogP contribution in [0.25, 0.3) is 0 Å². The van der Waals surface area contributed by atoms with Crippen LogP contribution in [-0.2, 0) is 0 Å². The SMILES string of the molecule is CNc1cc(C(C)=O)cc(C(=O)[O-])c1. The van der Waals surface area contributed by atoms with Gasteiger partial charge in [0.25, 0.3) is 0 Å². The first-order chi connectivity index (χ1) is 6.54. The van der Waals surface area contributed by atoms with E-state index in [1.165, 1.54) is 19.1 Å². The van der Waals surface area contributed by atoms with Gasteiger partial charge in [-0.1, -0.05) is 0 Å². The van der Waals surface area contributed by atoms with Gasteiger partial charge in [0.05, 0.1) is 5.97 Å². The Morgan fingerprint density at radius 2 is 1.79 bits per heavy atom. The smallest absolute Gasteiger partial charge is 0.159 e. The third kappa shape index (κ3) is 2.10. The van der Waals surface area contributed by atoms with E-state index in [0.717, 1.165) is 0 Å². The van der Waals surface area contributed by atoms with Gasteiger partial charge in [0.15, 0.2) is 5.78 Å². The second-order valence-corrected chi connectivity index (χ2v) is 2.89. The fraction of sp³-hybridized carbons (Fsp3) is 0.200. The summed E-state index contributed by atoms with van der Waals surface area (Å²) >= 11 is 0. The number of ketones is 1. The lowest BCUT2D eigenvalue weighted by molar-refractivity contribution is -0.255. The van der Waals surface area contributed by atoms with Crippen molar-refractivity contribution in [3.63, 3.8) is 0 Å². The molecule has 0 aliphatic heterocycles. The summed E-state index contributed by atoms with van der Waals surface area (Å²) in [5, 5.41) is 13.4. The number of carboxylic acids is 1. The molecule has 0 aliphatic rings. The van der Waals surface area contributed by atoms with Crippen molar-refractivity contribution in [1.82, 2.24) is 0 Å². The van der Waals surface area contributed by atoms with Crippen molar-refractivity contribution in [3.05, 3.63) is 29.3 Å². The highest BCUT2D eigenvalue weighted by molar-refractivity contribution is 5.98. The number of carbonyl (C=O) groups is 2. The summed E-state index contributed by atoms with van der Waals surface area (Å²) in [5.41, 5.74) is 0.940. The Bertz CT molecular complexity index is 353. The first kappa shape index (κ1) is 10.2. The molecule has 1 N–H and O–H groups in total. The molecule has 0 radical (unpaired) electrons. The molecule has 0 unspecified atom stereocenters. The minimum atomic E-state index is -1.29. The third-order valence-electron chi connectivity index (χ3n) is 1.86. The van der Waals surface area contributed by atoms with E-state index in [1.54, 1.807) is 13.1 Å². The van der Waals surface area contributed by atoms with Gasteiger partial charge in [-0.15, -0.1) is 0 Å². The molecule has 0 saturated heterocycles. The molecule has 1 aromatic carbocycles. The van der Waals surface area contributed by atoms with Crippen LogP contribution in [0.1, 0.15) is 27.6 Å². The molecule has 0 fully saturated rings. The summed E-state index contributed by atoms with van der Waals surface area (Å²) in [7, 11) is 1.65. The van der Waals surface area contributed by atoms with Crippen molar-refractivity contribution >= 4 is 17.4 Å². The van der Waals surface area contributed by atoms with Crippen molar-refractivity contribution in [2.24, 2.45) is 0 Å². The van der Waals surface area contributed by atoms with Crippen LogP contribution in [0.2, 0.25) is 0 Å². The zero-order valence-corrected chi connectivity index (χ0v) is 7.96. The number of hydrogen-bond donors (Lipinski definition) is 1. The molecule has 4 nitrogen and oxygen atoms in total. The van der Waals surface area contributed by atoms with Gasteiger partial charge in [-0.2, -0.15) is 0 Å². The van der Waals surface area contributed by atoms with Gasteiger partial charge in [-0.3, -0.25) is 4.79 Å². The van der Waals surface area contributed by atoms with Crippen LogP contribution in [0.4, 0.5) is 5.69 Å². The molecular weight excluding hydrogens is 182 g/mol. The van der Waals surface area contributed by atoms with E-state index < -0.39 is 5.97 Å². The zero-order chi connectivity index (χ0) is 10.7. The molecule has 74 valence electrons. The summed E-state index contributed by atoms with van der Waals surface area (Å²) < 4.78 is 0. The lowest BCUT2D eigenvalue weighted by atomic mass is 10.1. The average Bonchev–Trinajstić information content (AvgIpc) is 2.16. The van der Waals surface area contributed by atoms with Crippen LogP contribution in [-0.4, -0.2) is 18.8 Å². The van der Waals surface area contributed by atoms with E-state index >= 15 is 0 Å². The average molecular weight is 192 g/mol. The summed E-state index contributed by atoms with van der Waals surface area (Å²) in [4.78, 5) is 21.6. The van der Waals surface area contributed by atoms with Crippen LogP contribution in [0, 0.1) is 0 Å². The molecular formula is C10H10NO3-. The van der Waals surface area contributed by atoms with Gasteiger partial charge in [0.1, 0.15) is 0 Å². The first-order valence-corrected chi connectivity index (χ1v) is 4.09. The standard InChI is InChI=1S/C10H11NO3/c1-6(12)7-3-8(10(13)14)5-9(4-7)11-2/h3-5,11H,1-2H3,(H,13,14)/p-1. The molecule has 0 spiro atoms. The van der Waals surface area contributed by atoms with Crippen molar-refractivity contribution in [3.8, 4) is 0 Å². The highest BCUT2D eigenvalue weighted by Gasteiger charge is 2.04. The van der Waals surface area contributed by atoms with Crippen molar-refractivity contribution in [1.29, 1.82) is 0 Å². The fourth-order valence-electron chi connectivity index (χ4n) is 1.09. The van der Waals surface area contributed by atoms with Crippen LogP contribution >= 0.6 is 0 Å². The van der Waals surface area contributed by atoms with E-state index in [2.05, 4.69) is 5.32 Å². The van der Waals surface area contributed by atoms with Crippen LogP contribution in [0.15, 0.2) is 18.2 Å². The van der Waals surface area contributed by atoms with Crippen molar-refractivity contribution < 1.29 is 14.7 Å². The Morgan fingerprint density at radius 1 is 1.21 bits per heavy atom. The molecule has 4 heteroatoms. The van der Waals surface area contributed by atoms with Gasteiger partial charge in [-0.25, -0.2) is 0 Å². The highest BCUT2D eigenvalue weighted by Crippen LogP contribution is 2.14. The first-order valence-electron chi connectivity index (χ1n) is 4.09. The van der Waals surface area contributed by atoms with Crippen LogP contribution in [0.5, 0.6) is 0 Å². The van der Waals surface area contributed by atoms with E-state index in [9.17, 15) is 14.7 Å². The number of rotatable bonds is 3. The summed E-state index contributed by atoms with van der Waals surface area (Å²) in [6.45, 7) is 1.38. The number of carboxylic acid groups (broad SMARTS) is 1. The zero-order valence-electron chi connectivity index (χ0n) is 7.96. The molecule has 0 heterocycles. The maximum absolute atomic E-state index is 11.0. The van der Waals surface area contributed by atoms with E-state index in [0.29, 0.717) is 11.3 Å². The number of benzene rings is 1. The molecule has 0 aliphatic carbocycles. The van der Waals surface area contributed by atoms with Crippen molar-refractivity contribution in [2.75, 3.05) is 12.4 Å². The third-order valence-corrected chi connectivity index (χ3v) is 1.86. The minimum absolute atomic E-state index is 0.00190. The van der Waals surface area contributed by atoms with Gasteiger partial charge in [-0.05, 0) is 30.7 Å². The normalized spacial score (nSPS) is 9.57. The summed E-state index contributed by atoms with van der Waals surface area (Å²) in [6, 6.07) is 4.31. The molecule has 0 saturated carbocycles. The molecule has 0 amide bonds. The van der Waals surface area contributed by atoms with E-state index in [4.69, 9.17) is 0 Å². The second kappa shape index (κ2) is 3.91. The lowest BCUT2D eigenvalue weighted by Gasteiger charge is -2.08. The number of nitrogens with one attached hydrogen (secondary N) is 1. The summed E-state index contributed by atoms with van der Waals surface area (Å²) in [6.07, 6.45) is 0. The van der Waals surface area contributed by atoms with Gasteiger partial charge < -0.3 is 15.2 Å². The quantitative estimate of drug-likeness (QED) is 0.699. The number of anilines is 1. The topological polar surface area (TPSA) is 69.2 Å². The second-order valence-electron chi connectivity index (χ2n) is 2.89. The predicted octanol–water partition coefficient (Wildman–Crippen LogP) is 0.294. The Kier molecular flexibility index (Phi) is 2.86. The number of aromatic carboxylic acids is 1. The van der Waals surface area contributed by atoms with E-state index in [-0.39, 0.29) is 11.3 Å². The maximum atomic E-state index is 11.0. The molecule has 1 aromatic rings. The Balaban J connectivity index is 3.27. The number of Topliss-reactive ketones (excluding diaryl/α,β-unsaturated/α-hetero) is 1. The van der Waals surface area contributed by atoms with Crippen LogP contribution < -0.4 is 10.4 Å². The predicted molar refractivity (Wildman–Crippen MR) is 50.3 cm³/mol. The van der Waals surface area contributed by atoms with Crippen molar-refractivity contribution in [2.45, 2.75) is 6.92 Å². The number of carbonyl (C=O) groups excluding carboxylic acids is 2. The van der Waals surface area contributed by atoms with E-state index in [1.807, 2.05) is 0 Å². The lowest BCUT2D eigenvalue weighted by Crippen LogP contribution is -2.22. The Morgan fingerprint density at radius 3 is 2.21 bits per heavy atom. The fourth-order valence-corrected chi connectivity index (χ4v) is 1.09. The Labute approximate surface area is 81.6 Å². The van der Waals surface area contributed by atoms with Gasteiger partial charge >= 0.3 is 0 Å². The molecule has 0 bridgehead atoms. The molecule has 0 aromatic heterocycles. The monoisotopic (exact) mass is 192 g/mol.